The van der Waals surface area contributed by atoms with Crippen molar-refractivity contribution in [2.75, 3.05) is 19.0 Å². The number of anilines is 1. The number of ether oxygens (including phenoxy) is 1. The molecule has 0 saturated heterocycles. The Balaban J connectivity index is 1.75. The molecule has 3 N–H and O–H groups in total. The van der Waals surface area contributed by atoms with Gasteiger partial charge in [0, 0.05) is 30.8 Å². The van der Waals surface area contributed by atoms with E-state index in [0.29, 0.717) is 18.7 Å². The third kappa shape index (κ3) is 4.72. The molecule has 21 heavy (non-hydrogen) atoms. The Bertz CT molecular complexity index is 486. The molecule has 0 spiro atoms. The predicted octanol–water partition coefficient (Wildman–Crippen LogP) is 1.92. The van der Waals surface area contributed by atoms with Gasteiger partial charge in [-0.15, -0.1) is 0 Å². The largest absolute Gasteiger partial charge is 0.497 e. The topological polar surface area (TPSA) is 70.6 Å². The Morgan fingerprint density at radius 3 is 2.86 bits per heavy atom. The number of hydrogen-bond acceptors (Lipinski definition) is 4. The predicted molar refractivity (Wildman–Crippen MR) is 82.5 cm³/mol. The van der Waals surface area contributed by atoms with Gasteiger partial charge in [0.25, 0.3) is 0 Å². The maximum atomic E-state index is 12.0. The molecule has 1 aromatic rings. The van der Waals surface area contributed by atoms with Gasteiger partial charge in [-0.1, -0.05) is 6.07 Å². The first-order valence-electron chi connectivity index (χ1n) is 7.40. The van der Waals surface area contributed by atoms with E-state index >= 15 is 0 Å². The van der Waals surface area contributed by atoms with Crippen molar-refractivity contribution in [1.82, 2.24) is 5.32 Å². The zero-order chi connectivity index (χ0) is 15.3. The molecular formula is C16H24N2O3. The third-order valence-electron chi connectivity index (χ3n) is 3.91. The van der Waals surface area contributed by atoms with Crippen molar-refractivity contribution in [1.29, 1.82) is 0 Å². The van der Waals surface area contributed by atoms with Crippen molar-refractivity contribution >= 4 is 11.6 Å². The van der Waals surface area contributed by atoms with E-state index < -0.39 is 5.60 Å². The first-order valence-corrected chi connectivity index (χ1v) is 7.40. The van der Waals surface area contributed by atoms with Crippen LogP contribution in [-0.2, 0) is 4.79 Å². The van der Waals surface area contributed by atoms with Crippen LogP contribution in [0.15, 0.2) is 24.3 Å². The van der Waals surface area contributed by atoms with Crippen LogP contribution in [0.3, 0.4) is 0 Å². The van der Waals surface area contributed by atoms with Gasteiger partial charge in [-0.3, -0.25) is 4.79 Å². The molecule has 0 aromatic heterocycles. The normalized spacial score (nSPS) is 17.7. The molecule has 0 radical (unpaired) electrons. The second-order valence-electron chi connectivity index (χ2n) is 5.84. The molecule has 1 saturated carbocycles. The van der Waals surface area contributed by atoms with Gasteiger partial charge in [0.05, 0.1) is 12.7 Å². The lowest BCUT2D eigenvalue weighted by Crippen LogP contribution is -2.48. The zero-order valence-corrected chi connectivity index (χ0v) is 12.7. The summed E-state index contributed by atoms with van der Waals surface area (Å²) in [5, 5.41) is 16.1. The molecule has 1 fully saturated rings. The SMILES string of the molecule is COc1cccc(NC(=O)CC(C)NCC2(O)CCC2)c1. The number of hydrogen-bond donors (Lipinski definition) is 3. The van der Waals surface area contributed by atoms with E-state index in [1.54, 1.807) is 13.2 Å². The van der Waals surface area contributed by atoms with Gasteiger partial charge in [0.2, 0.25) is 5.91 Å². The molecule has 116 valence electrons. The van der Waals surface area contributed by atoms with Crippen molar-refractivity contribution in [2.45, 2.75) is 44.2 Å². The van der Waals surface area contributed by atoms with Crippen LogP contribution in [-0.4, -0.2) is 36.3 Å². The van der Waals surface area contributed by atoms with Crippen molar-refractivity contribution in [2.24, 2.45) is 0 Å². The van der Waals surface area contributed by atoms with E-state index in [-0.39, 0.29) is 11.9 Å². The van der Waals surface area contributed by atoms with Gasteiger partial charge >= 0.3 is 0 Å². The Morgan fingerprint density at radius 2 is 2.24 bits per heavy atom. The lowest BCUT2D eigenvalue weighted by Gasteiger charge is -2.37. The fourth-order valence-electron chi connectivity index (χ4n) is 2.39. The lowest BCUT2D eigenvalue weighted by atomic mass is 9.80. The first kappa shape index (κ1) is 15.8. The Morgan fingerprint density at radius 1 is 1.48 bits per heavy atom. The number of methoxy groups -OCH3 is 1. The average Bonchev–Trinajstić information content (AvgIpc) is 2.43. The van der Waals surface area contributed by atoms with E-state index in [1.165, 1.54) is 0 Å². The summed E-state index contributed by atoms with van der Waals surface area (Å²) in [6.07, 6.45) is 3.15. The van der Waals surface area contributed by atoms with Crippen LogP contribution in [0.25, 0.3) is 0 Å². The summed E-state index contributed by atoms with van der Waals surface area (Å²) >= 11 is 0. The summed E-state index contributed by atoms with van der Waals surface area (Å²) in [6.45, 7) is 2.51. The highest BCUT2D eigenvalue weighted by Gasteiger charge is 2.34. The first-order chi connectivity index (χ1) is 10.0. The van der Waals surface area contributed by atoms with Gasteiger partial charge in [-0.05, 0) is 38.3 Å². The molecule has 1 aliphatic carbocycles. The third-order valence-corrected chi connectivity index (χ3v) is 3.91. The molecule has 0 aliphatic heterocycles. The van der Waals surface area contributed by atoms with Crippen LogP contribution in [0.5, 0.6) is 5.75 Å². The summed E-state index contributed by atoms with van der Waals surface area (Å²) in [5.74, 6) is 0.662. The highest BCUT2D eigenvalue weighted by atomic mass is 16.5. The molecule has 2 rings (SSSR count). The Hall–Kier alpha value is -1.59. The van der Waals surface area contributed by atoms with Crippen LogP contribution >= 0.6 is 0 Å². The van der Waals surface area contributed by atoms with Gasteiger partial charge in [0.1, 0.15) is 5.75 Å². The summed E-state index contributed by atoms with van der Waals surface area (Å²) in [7, 11) is 1.60. The van der Waals surface area contributed by atoms with Crippen LogP contribution in [0.2, 0.25) is 0 Å². The van der Waals surface area contributed by atoms with Gasteiger partial charge in [0.15, 0.2) is 0 Å². The van der Waals surface area contributed by atoms with E-state index in [9.17, 15) is 9.90 Å². The van der Waals surface area contributed by atoms with Crippen molar-refractivity contribution in [3.63, 3.8) is 0 Å². The van der Waals surface area contributed by atoms with Crippen LogP contribution in [0, 0.1) is 0 Å². The second kappa shape index (κ2) is 6.91. The standard InChI is InChI=1S/C16H24N2O3/c1-12(17-11-16(20)7-4-8-16)9-15(19)18-13-5-3-6-14(10-13)21-2/h3,5-6,10,12,17,20H,4,7-9,11H2,1-2H3,(H,18,19). The molecule has 1 amide bonds. The summed E-state index contributed by atoms with van der Waals surface area (Å²) in [6, 6.07) is 7.31. The highest BCUT2D eigenvalue weighted by Crippen LogP contribution is 2.30. The summed E-state index contributed by atoms with van der Waals surface area (Å²) in [4.78, 5) is 12.0. The molecular weight excluding hydrogens is 268 g/mol. The van der Waals surface area contributed by atoms with Gasteiger partial charge < -0.3 is 20.5 Å². The minimum atomic E-state index is -0.558. The maximum absolute atomic E-state index is 12.0. The van der Waals surface area contributed by atoms with Crippen LogP contribution in [0.1, 0.15) is 32.6 Å². The fourth-order valence-corrected chi connectivity index (χ4v) is 2.39. The molecule has 1 aliphatic rings. The van der Waals surface area contributed by atoms with Crippen molar-refractivity contribution < 1.29 is 14.6 Å². The number of carbonyl (C=O) groups is 1. The van der Waals surface area contributed by atoms with Gasteiger partial charge in [-0.2, -0.15) is 0 Å². The monoisotopic (exact) mass is 292 g/mol. The number of benzene rings is 1. The van der Waals surface area contributed by atoms with E-state index in [4.69, 9.17) is 4.74 Å². The van der Waals surface area contributed by atoms with Crippen molar-refractivity contribution in [3.05, 3.63) is 24.3 Å². The number of carbonyl (C=O) groups excluding carboxylic acids is 1. The van der Waals surface area contributed by atoms with E-state index in [1.807, 2.05) is 25.1 Å². The number of nitrogens with one attached hydrogen (secondary N) is 2. The molecule has 1 atom stereocenters. The minimum Gasteiger partial charge on any atom is -0.497 e. The lowest BCUT2D eigenvalue weighted by molar-refractivity contribution is -0.116. The van der Waals surface area contributed by atoms with E-state index in [0.717, 1.165) is 24.9 Å². The molecule has 5 heteroatoms. The molecule has 5 nitrogen and oxygen atoms in total. The number of rotatable bonds is 7. The number of aliphatic hydroxyl groups is 1. The quantitative estimate of drug-likeness (QED) is 0.718. The highest BCUT2D eigenvalue weighted by molar-refractivity contribution is 5.91. The number of amides is 1. The summed E-state index contributed by atoms with van der Waals surface area (Å²) < 4.78 is 5.12. The maximum Gasteiger partial charge on any atom is 0.225 e. The van der Waals surface area contributed by atoms with Crippen LogP contribution < -0.4 is 15.4 Å². The van der Waals surface area contributed by atoms with Gasteiger partial charge in [-0.25, -0.2) is 0 Å². The summed E-state index contributed by atoms with van der Waals surface area (Å²) in [5.41, 5.74) is 0.168. The Kier molecular flexibility index (Phi) is 5.20. The second-order valence-corrected chi connectivity index (χ2v) is 5.84. The smallest absolute Gasteiger partial charge is 0.225 e. The molecule has 0 bridgehead atoms. The molecule has 0 heterocycles. The zero-order valence-electron chi connectivity index (χ0n) is 12.7. The Labute approximate surface area is 125 Å². The molecule has 1 aromatic carbocycles. The minimum absolute atomic E-state index is 0.0280. The van der Waals surface area contributed by atoms with E-state index in [2.05, 4.69) is 10.6 Å². The van der Waals surface area contributed by atoms with Crippen LogP contribution in [0.4, 0.5) is 5.69 Å². The van der Waals surface area contributed by atoms with Crippen molar-refractivity contribution in [3.8, 4) is 5.75 Å². The fraction of sp³-hybridized carbons (Fsp3) is 0.562. The average molecular weight is 292 g/mol. The molecule has 1 unspecified atom stereocenters.